The lowest BCUT2D eigenvalue weighted by Gasteiger charge is -2.16. The highest BCUT2D eigenvalue weighted by atomic mass is 14.9. The van der Waals surface area contributed by atoms with Crippen molar-refractivity contribution in [1.82, 2.24) is 10.3 Å². The fourth-order valence-corrected chi connectivity index (χ4v) is 2.37. The van der Waals surface area contributed by atoms with Gasteiger partial charge in [-0.25, -0.2) is 0 Å². The molecule has 0 aliphatic rings. The Bertz CT molecular complexity index is 503. The summed E-state index contributed by atoms with van der Waals surface area (Å²) in [6.07, 6.45) is 3.86. The minimum Gasteiger partial charge on any atom is -0.316 e. The molecule has 2 heteroatoms. The Morgan fingerprint density at radius 2 is 1.75 bits per heavy atom. The van der Waals surface area contributed by atoms with Crippen molar-refractivity contribution in [1.29, 1.82) is 0 Å². The first kappa shape index (κ1) is 14.7. The molecule has 0 aliphatic carbocycles. The van der Waals surface area contributed by atoms with Crippen molar-refractivity contribution in [3.63, 3.8) is 0 Å². The Hall–Kier alpha value is -1.67. The molecule has 1 aromatic heterocycles. The number of hydrogen-bond donors (Lipinski definition) is 1. The molecule has 0 bridgehead atoms. The number of aromatic nitrogens is 1. The van der Waals surface area contributed by atoms with Gasteiger partial charge in [-0.1, -0.05) is 44.2 Å². The first-order valence-corrected chi connectivity index (χ1v) is 7.35. The molecule has 1 N–H and O–H groups in total. The van der Waals surface area contributed by atoms with Crippen molar-refractivity contribution in [3.8, 4) is 0 Å². The predicted molar refractivity (Wildman–Crippen MR) is 85.0 cm³/mol. The SMILES string of the molecule is CNC(Cc1ccc(C(C)C)cc1)Cc1ccccn1. The number of rotatable bonds is 6. The summed E-state index contributed by atoms with van der Waals surface area (Å²) >= 11 is 0. The molecule has 20 heavy (non-hydrogen) atoms. The van der Waals surface area contributed by atoms with Crippen molar-refractivity contribution < 1.29 is 0 Å². The summed E-state index contributed by atoms with van der Waals surface area (Å²) in [5.41, 5.74) is 3.93. The van der Waals surface area contributed by atoms with E-state index in [1.807, 2.05) is 25.4 Å². The molecule has 0 amide bonds. The molecule has 0 spiro atoms. The Balaban J connectivity index is 1.99. The van der Waals surface area contributed by atoms with Crippen LogP contribution in [-0.4, -0.2) is 18.1 Å². The van der Waals surface area contributed by atoms with E-state index < -0.39 is 0 Å². The van der Waals surface area contributed by atoms with Crippen molar-refractivity contribution in [3.05, 3.63) is 65.5 Å². The Kier molecular flexibility index (Phi) is 5.31. The van der Waals surface area contributed by atoms with E-state index in [-0.39, 0.29) is 0 Å². The van der Waals surface area contributed by atoms with Crippen LogP contribution < -0.4 is 5.32 Å². The first-order valence-electron chi connectivity index (χ1n) is 7.35. The van der Waals surface area contributed by atoms with E-state index in [4.69, 9.17) is 0 Å². The van der Waals surface area contributed by atoms with Gasteiger partial charge in [0.2, 0.25) is 0 Å². The maximum atomic E-state index is 4.41. The molecule has 2 aromatic rings. The zero-order chi connectivity index (χ0) is 14.4. The predicted octanol–water partition coefficient (Wildman–Crippen LogP) is 3.58. The third kappa shape index (κ3) is 4.17. The van der Waals surface area contributed by atoms with Crippen LogP contribution in [0, 0.1) is 0 Å². The van der Waals surface area contributed by atoms with Gasteiger partial charge in [0.25, 0.3) is 0 Å². The summed E-state index contributed by atoms with van der Waals surface area (Å²) in [7, 11) is 2.02. The van der Waals surface area contributed by atoms with Crippen LogP contribution in [0.2, 0.25) is 0 Å². The molecule has 1 atom stereocenters. The van der Waals surface area contributed by atoms with Crippen LogP contribution in [0.3, 0.4) is 0 Å². The highest BCUT2D eigenvalue weighted by Crippen LogP contribution is 2.16. The van der Waals surface area contributed by atoms with Crippen molar-refractivity contribution in [2.45, 2.75) is 38.6 Å². The van der Waals surface area contributed by atoms with Crippen LogP contribution in [0.15, 0.2) is 48.7 Å². The molecule has 1 aromatic carbocycles. The lowest BCUT2D eigenvalue weighted by molar-refractivity contribution is 0.550. The molecule has 0 saturated heterocycles. The highest BCUT2D eigenvalue weighted by molar-refractivity contribution is 5.25. The normalized spacial score (nSPS) is 12.6. The molecule has 0 fully saturated rings. The van der Waals surface area contributed by atoms with Crippen LogP contribution in [0.1, 0.15) is 36.6 Å². The number of hydrogen-bond acceptors (Lipinski definition) is 2. The molecule has 2 rings (SSSR count). The van der Waals surface area contributed by atoms with Crippen LogP contribution in [0.5, 0.6) is 0 Å². The Labute approximate surface area is 122 Å². The number of benzene rings is 1. The lowest BCUT2D eigenvalue weighted by atomic mass is 9.97. The van der Waals surface area contributed by atoms with Gasteiger partial charge < -0.3 is 5.32 Å². The summed E-state index contributed by atoms with van der Waals surface area (Å²) in [6, 6.07) is 15.5. The molecule has 0 saturated carbocycles. The van der Waals surface area contributed by atoms with Crippen molar-refractivity contribution in [2.75, 3.05) is 7.05 Å². The summed E-state index contributed by atoms with van der Waals surface area (Å²) in [4.78, 5) is 4.41. The topological polar surface area (TPSA) is 24.9 Å². The van der Waals surface area contributed by atoms with E-state index in [0.717, 1.165) is 18.5 Å². The number of likely N-dealkylation sites (N-methyl/N-ethyl adjacent to an activating group) is 1. The van der Waals surface area contributed by atoms with E-state index in [1.54, 1.807) is 0 Å². The monoisotopic (exact) mass is 268 g/mol. The van der Waals surface area contributed by atoms with Crippen molar-refractivity contribution >= 4 is 0 Å². The molecule has 1 heterocycles. The van der Waals surface area contributed by atoms with Gasteiger partial charge in [-0.2, -0.15) is 0 Å². The van der Waals surface area contributed by atoms with Crippen LogP contribution in [0.25, 0.3) is 0 Å². The van der Waals surface area contributed by atoms with Gasteiger partial charge in [0.15, 0.2) is 0 Å². The zero-order valence-electron chi connectivity index (χ0n) is 12.6. The van der Waals surface area contributed by atoms with Crippen LogP contribution >= 0.6 is 0 Å². The second kappa shape index (κ2) is 7.20. The molecular formula is C18H24N2. The highest BCUT2D eigenvalue weighted by Gasteiger charge is 2.09. The van der Waals surface area contributed by atoms with E-state index in [9.17, 15) is 0 Å². The third-order valence-corrected chi connectivity index (χ3v) is 3.72. The average molecular weight is 268 g/mol. The van der Waals surface area contributed by atoms with E-state index in [1.165, 1.54) is 11.1 Å². The number of nitrogens with zero attached hydrogens (tertiary/aromatic N) is 1. The second-order valence-electron chi connectivity index (χ2n) is 5.61. The molecular weight excluding hydrogens is 244 g/mol. The van der Waals surface area contributed by atoms with Gasteiger partial charge in [0.1, 0.15) is 0 Å². The van der Waals surface area contributed by atoms with Crippen LogP contribution in [-0.2, 0) is 12.8 Å². The molecule has 0 radical (unpaired) electrons. The smallest absolute Gasteiger partial charge is 0.0419 e. The lowest BCUT2D eigenvalue weighted by Crippen LogP contribution is -2.30. The van der Waals surface area contributed by atoms with Gasteiger partial charge in [0, 0.05) is 24.4 Å². The van der Waals surface area contributed by atoms with Gasteiger partial charge in [-0.3, -0.25) is 4.98 Å². The fraction of sp³-hybridized carbons (Fsp3) is 0.389. The maximum Gasteiger partial charge on any atom is 0.0419 e. The quantitative estimate of drug-likeness (QED) is 0.866. The molecule has 106 valence electrons. The van der Waals surface area contributed by atoms with E-state index in [0.29, 0.717) is 12.0 Å². The van der Waals surface area contributed by atoms with Gasteiger partial charge in [-0.15, -0.1) is 0 Å². The number of pyridine rings is 1. The summed E-state index contributed by atoms with van der Waals surface area (Å²) in [6.45, 7) is 4.46. The summed E-state index contributed by atoms with van der Waals surface area (Å²) < 4.78 is 0. The number of nitrogens with one attached hydrogen (secondary N) is 1. The van der Waals surface area contributed by atoms with Gasteiger partial charge in [-0.05, 0) is 42.6 Å². The van der Waals surface area contributed by atoms with E-state index >= 15 is 0 Å². The standard InChI is InChI=1S/C18H24N2/c1-14(2)16-9-7-15(8-10-16)12-18(19-3)13-17-6-4-5-11-20-17/h4-11,14,18-19H,12-13H2,1-3H3. The molecule has 0 aliphatic heterocycles. The second-order valence-corrected chi connectivity index (χ2v) is 5.61. The molecule has 1 unspecified atom stereocenters. The summed E-state index contributed by atoms with van der Waals surface area (Å²) in [5, 5.41) is 3.40. The third-order valence-electron chi connectivity index (χ3n) is 3.72. The van der Waals surface area contributed by atoms with Crippen molar-refractivity contribution in [2.24, 2.45) is 0 Å². The van der Waals surface area contributed by atoms with Crippen LogP contribution in [0.4, 0.5) is 0 Å². The minimum atomic E-state index is 0.426. The van der Waals surface area contributed by atoms with Gasteiger partial charge >= 0.3 is 0 Å². The van der Waals surface area contributed by atoms with Gasteiger partial charge in [0.05, 0.1) is 0 Å². The fourth-order valence-electron chi connectivity index (χ4n) is 2.37. The first-order chi connectivity index (χ1) is 9.69. The summed E-state index contributed by atoms with van der Waals surface area (Å²) in [5.74, 6) is 0.595. The minimum absolute atomic E-state index is 0.426. The average Bonchev–Trinajstić information content (AvgIpc) is 2.48. The largest absolute Gasteiger partial charge is 0.316 e. The van der Waals surface area contributed by atoms with E-state index in [2.05, 4.69) is 54.5 Å². The molecule has 2 nitrogen and oxygen atoms in total. The Morgan fingerprint density at radius 3 is 2.30 bits per heavy atom. The maximum absolute atomic E-state index is 4.41. The zero-order valence-corrected chi connectivity index (χ0v) is 12.6. The Morgan fingerprint density at radius 1 is 1.00 bits per heavy atom.